The van der Waals surface area contributed by atoms with E-state index in [1.54, 1.807) is 0 Å². The van der Waals surface area contributed by atoms with Gasteiger partial charge in [0.25, 0.3) is 0 Å². The number of rotatable bonds is 3. The average Bonchev–Trinajstić information content (AvgIpc) is 2.39. The summed E-state index contributed by atoms with van der Waals surface area (Å²) in [4.78, 5) is 4.28. The summed E-state index contributed by atoms with van der Waals surface area (Å²) in [5.74, 6) is 1.25. The summed E-state index contributed by atoms with van der Waals surface area (Å²) in [5.41, 5.74) is 6.69. The minimum Gasteiger partial charge on any atom is -0.370 e. The summed E-state index contributed by atoms with van der Waals surface area (Å²) in [6.07, 6.45) is 1.37. The smallest absolute Gasteiger partial charge is 0.193 e. The second kappa shape index (κ2) is 7.82. The van der Waals surface area contributed by atoms with Crippen molar-refractivity contribution in [1.82, 2.24) is 0 Å². The Balaban J connectivity index is 0.00000200. The number of halogens is 1. The van der Waals surface area contributed by atoms with E-state index in [0.717, 1.165) is 5.69 Å². The van der Waals surface area contributed by atoms with Gasteiger partial charge in [0.15, 0.2) is 5.96 Å². The van der Waals surface area contributed by atoms with Crippen LogP contribution in [-0.2, 0) is 9.84 Å². The number of nitrogens with zero attached hydrogens (tertiary/aromatic N) is 1. The van der Waals surface area contributed by atoms with E-state index in [0.29, 0.717) is 31.3 Å². The molecule has 0 radical (unpaired) electrons. The lowest BCUT2D eigenvalue weighted by atomic mass is 10.0. The number of benzene rings is 1. The molecule has 1 saturated heterocycles. The monoisotopic (exact) mass is 409 g/mol. The van der Waals surface area contributed by atoms with Crippen LogP contribution in [0.4, 0.5) is 5.69 Å². The van der Waals surface area contributed by atoms with Crippen LogP contribution >= 0.6 is 24.0 Å². The van der Waals surface area contributed by atoms with Gasteiger partial charge in [0.2, 0.25) is 0 Å². The van der Waals surface area contributed by atoms with Crippen LogP contribution in [0, 0.1) is 5.92 Å². The zero-order valence-corrected chi connectivity index (χ0v) is 14.3. The van der Waals surface area contributed by atoms with Crippen LogP contribution in [0.3, 0.4) is 0 Å². The lowest BCUT2D eigenvalue weighted by Crippen LogP contribution is -2.27. The van der Waals surface area contributed by atoms with E-state index in [4.69, 9.17) is 5.73 Å². The van der Waals surface area contributed by atoms with Gasteiger partial charge in [0.05, 0.1) is 11.5 Å². The fourth-order valence-electron chi connectivity index (χ4n) is 2.06. The van der Waals surface area contributed by atoms with Crippen LogP contribution in [0.5, 0.6) is 0 Å². The maximum atomic E-state index is 11.3. The van der Waals surface area contributed by atoms with Crippen molar-refractivity contribution in [3.05, 3.63) is 30.3 Å². The van der Waals surface area contributed by atoms with E-state index in [1.807, 2.05) is 30.3 Å². The molecule has 0 saturated carbocycles. The van der Waals surface area contributed by atoms with Gasteiger partial charge in [-0.15, -0.1) is 24.0 Å². The van der Waals surface area contributed by atoms with Crippen molar-refractivity contribution in [3.8, 4) is 0 Å². The minimum atomic E-state index is -2.80. The number of sulfone groups is 1. The average molecular weight is 409 g/mol. The van der Waals surface area contributed by atoms with Crippen molar-refractivity contribution in [2.45, 2.75) is 12.8 Å². The van der Waals surface area contributed by atoms with Gasteiger partial charge in [-0.2, -0.15) is 0 Å². The molecule has 1 fully saturated rings. The molecular formula is C13H20IN3O2S. The molecule has 1 aromatic rings. The van der Waals surface area contributed by atoms with Crippen LogP contribution in [0.1, 0.15) is 12.8 Å². The van der Waals surface area contributed by atoms with Crippen molar-refractivity contribution in [2.75, 3.05) is 23.4 Å². The Kier molecular flexibility index (Phi) is 6.74. The zero-order chi connectivity index (χ0) is 13.7. The Morgan fingerprint density at radius 1 is 1.25 bits per heavy atom. The molecule has 1 heterocycles. The van der Waals surface area contributed by atoms with E-state index >= 15 is 0 Å². The predicted octanol–water partition coefficient (Wildman–Crippen LogP) is 1.86. The molecule has 5 nitrogen and oxygen atoms in total. The minimum absolute atomic E-state index is 0. The normalized spacial score (nSPS) is 19.1. The molecule has 112 valence electrons. The third kappa shape index (κ3) is 5.66. The van der Waals surface area contributed by atoms with Gasteiger partial charge in [0, 0.05) is 12.2 Å². The first-order chi connectivity index (χ1) is 9.05. The molecule has 2 rings (SSSR count). The Morgan fingerprint density at radius 3 is 2.45 bits per heavy atom. The van der Waals surface area contributed by atoms with Gasteiger partial charge < -0.3 is 11.1 Å². The summed E-state index contributed by atoms with van der Waals surface area (Å²) < 4.78 is 22.6. The molecule has 1 aliphatic heterocycles. The molecule has 1 aromatic carbocycles. The highest BCUT2D eigenvalue weighted by Gasteiger charge is 2.23. The number of nitrogens with one attached hydrogen (secondary N) is 1. The van der Waals surface area contributed by atoms with Crippen LogP contribution in [-0.4, -0.2) is 32.4 Å². The predicted molar refractivity (Wildman–Crippen MR) is 93.3 cm³/mol. The molecule has 0 bridgehead atoms. The summed E-state index contributed by atoms with van der Waals surface area (Å²) in [7, 11) is -2.80. The van der Waals surface area contributed by atoms with Crippen LogP contribution in [0.2, 0.25) is 0 Å². The highest BCUT2D eigenvalue weighted by molar-refractivity contribution is 14.0. The summed E-state index contributed by atoms with van der Waals surface area (Å²) >= 11 is 0. The summed E-state index contributed by atoms with van der Waals surface area (Å²) in [5, 5.41) is 3.01. The second-order valence-corrected chi connectivity index (χ2v) is 7.12. The van der Waals surface area contributed by atoms with E-state index in [2.05, 4.69) is 10.3 Å². The first kappa shape index (κ1) is 17.2. The van der Waals surface area contributed by atoms with Gasteiger partial charge in [0.1, 0.15) is 9.84 Å². The molecule has 0 amide bonds. The van der Waals surface area contributed by atoms with Gasteiger partial charge in [-0.05, 0) is 30.9 Å². The number of guanidine groups is 1. The summed E-state index contributed by atoms with van der Waals surface area (Å²) in [6, 6.07) is 9.59. The van der Waals surface area contributed by atoms with Crippen molar-refractivity contribution >= 4 is 45.5 Å². The molecule has 0 spiro atoms. The van der Waals surface area contributed by atoms with Crippen molar-refractivity contribution in [2.24, 2.45) is 16.6 Å². The topological polar surface area (TPSA) is 84.5 Å². The van der Waals surface area contributed by atoms with Crippen molar-refractivity contribution in [1.29, 1.82) is 0 Å². The fraction of sp³-hybridized carbons (Fsp3) is 0.462. The lowest BCUT2D eigenvalue weighted by Gasteiger charge is -2.20. The Bertz CT molecular complexity index is 532. The van der Waals surface area contributed by atoms with Crippen molar-refractivity contribution in [3.63, 3.8) is 0 Å². The number of anilines is 1. The van der Waals surface area contributed by atoms with E-state index in [1.165, 1.54) is 0 Å². The lowest BCUT2D eigenvalue weighted by molar-refractivity contribution is 0.475. The Labute approximate surface area is 137 Å². The fourth-order valence-corrected chi connectivity index (χ4v) is 3.65. The van der Waals surface area contributed by atoms with Gasteiger partial charge >= 0.3 is 0 Å². The standard InChI is InChI=1S/C13H19N3O2S.HI/c14-13(16-12-4-2-1-3-5-12)15-10-11-6-8-19(17,18)9-7-11;/h1-5,11H,6-10H2,(H3,14,15,16);1H. The van der Waals surface area contributed by atoms with E-state index in [-0.39, 0.29) is 35.5 Å². The molecule has 0 atom stereocenters. The van der Waals surface area contributed by atoms with E-state index < -0.39 is 9.84 Å². The molecule has 0 unspecified atom stereocenters. The highest BCUT2D eigenvalue weighted by atomic mass is 127. The SMILES string of the molecule is I.NC(=NCC1CCS(=O)(=O)CC1)Nc1ccccc1. The quantitative estimate of drug-likeness (QED) is 0.454. The first-order valence-electron chi connectivity index (χ1n) is 6.37. The highest BCUT2D eigenvalue weighted by Crippen LogP contribution is 2.18. The zero-order valence-electron chi connectivity index (χ0n) is 11.2. The molecule has 0 aliphatic carbocycles. The number of hydrogen-bond acceptors (Lipinski definition) is 3. The first-order valence-corrected chi connectivity index (χ1v) is 8.20. The van der Waals surface area contributed by atoms with Gasteiger partial charge in [-0.3, -0.25) is 4.99 Å². The molecule has 3 N–H and O–H groups in total. The maximum absolute atomic E-state index is 11.3. The molecule has 20 heavy (non-hydrogen) atoms. The van der Waals surface area contributed by atoms with E-state index in [9.17, 15) is 8.42 Å². The Morgan fingerprint density at radius 2 is 1.85 bits per heavy atom. The van der Waals surface area contributed by atoms with Crippen LogP contribution in [0.15, 0.2) is 35.3 Å². The largest absolute Gasteiger partial charge is 0.370 e. The molecular weight excluding hydrogens is 389 g/mol. The third-order valence-corrected chi connectivity index (χ3v) is 4.96. The molecule has 7 heteroatoms. The second-order valence-electron chi connectivity index (χ2n) is 4.81. The summed E-state index contributed by atoms with van der Waals surface area (Å²) in [6.45, 7) is 0.585. The number of aliphatic imine (C=N–C) groups is 1. The van der Waals surface area contributed by atoms with Gasteiger partial charge in [-0.1, -0.05) is 18.2 Å². The number of nitrogens with two attached hydrogens (primary N) is 1. The molecule has 0 aromatic heterocycles. The molecule has 1 aliphatic rings. The number of para-hydroxylation sites is 1. The maximum Gasteiger partial charge on any atom is 0.193 e. The van der Waals surface area contributed by atoms with Gasteiger partial charge in [-0.25, -0.2) is 8.42 Å². The van der Waals surface area contributed by atoms with Crippen molar-refractivity contribution < 1.29 is 8.42 Å². The number of hydrogen-bond donors (Lipinski definition) is 2. The Hall–Kier alpha value is -0.830. The van der Waals surface area contributed by atoms with Crippen LogP contribution in [0.25, 0.3) is 0 Å². The third-order valence-electron chi connectivity index (χ3n) is 3.24. The van der Waals surface area contributed by atoms with Crippen LogP contribution < -0.4 is 11.1 Å².